The summed E-state index contributed by atoms with van der Waals surface area (Å²) in [5.41, 5.74) is 1.90. The number of amides is 3. The second-order valence-corrected chi connectivity index (χ2v) is 9.08. The van der Waals surface area contributed by atoms with Gasteiger partial charge in [-0.3, -0.25) is 15.1 Å². The lowest BCUT2D eigenvalue weighted by atomic mass is 10.0. The maximum Gasteiger partial charge on any atom is 0.411 e. The fourth-order valence-corrected chi connectivity index (χ4v) is 2.97. The zero-order valence-electron chi connectivity index (χ0n) is 18.2. The standard InChI is InChI=1S/C21H28N4O5S/c1-13(2)17(25-20(28)30-21(3,4)5)18(26)23-14-7-6-8-15(9-14)24-19(27)29-11-16-10-22-12-31-16/h6-10,12-13,17H,11H2,1-5H3,(H,23,26)(H,24,27)(H,25,28). The van der Waals surface area contributed by atoms with Gasteiger partial charge in [0.1, 0.15) is 18.2 Å². The van der Waals surface area contributed by atoms with E-state index >= 15 is 0 Å². The Hall–Kier alpha value is -3.14. The summed E-state index contributed by atoms with van der Waals surface area (Å²) >= 11 is 1.39. The van der Waals surface area contributed by atoms with E-state index in [1.54, 1.807) is 56.7 Å². The molecule has 0 aliphatic carbocycles. The van der Waals surface area contributed by atoms with Crippen molar-refractivity contribution in [2.75, 3.05) is 10.6 Å². The van der Waals surface area contributed by atoms with Crippen molar-refractivity contribution >= 4 is 40.8 Å². The smallest absolute Gasteiger partial charge is 0.411 e. The minimum Gasteiger partial charge on any atom is -0.444 e. The molecule has 1 aromatic carbocycles. The van der Waals surface area contributed by atoms with Crippen LogP contribution in [0, 0.1) is 5.92 Å². The molecule has 1 heterocycles. The third-order valence-electron chi connectivity index (χ3n) is 3.83. The highest BCUT2D eigenvalue weighted by Crippen LogP contribution is 2.17. The molecular weight excluding hydrogens is 420 g/mol. The Kier molecular flexibility index (Phi) is 8.38. The van der Waals surface area contributed by atoms with Gasteiger partial charge < -0.3 is 20.1 Å². The van der Waals surface area contributed by atoms with Crippen LogP contribution in [0.2, 0.25) is 0 Å². The van der Waals surface area contributed by atoms with Crippen LogP contribution in [-0.4, -0.2) is 34.7 Å². The lowest BCUT2D eigenvalue weighted by Gasteiger charge is -2.25. The van der Waals surface area contributed by atoms with E-state index < -0.39 is 29.7 Å². The van der Waals surface area contributed by atoms with E-state index in [1.165, 1.54) is 11.3 Å². The number of carbonyl (C=O) groups excluding carboxylic acids is 3. The van der Waals surface area contributed by atoms with E-state index in [2.05, 4.69) is 20.9 Å². The Morgan fingerprint density at radius 3 is 2.35 bits per heavy atom. The molecule has 0 saturated heterocycles. The van der Waals surface area contributed by atoms with E-state index in [9.17, 15) is 14.4 Å². The average Bonchev–Trinajstić information content (AvgIpc) is 3.16. The quantitative estimate of drug-likeness (QED) is 0.578. The number of rotatable bonds is 7. The highest BCUT2D eigenvalue weighted by molar-refractivity contribution is 7.09. The van der Waals surface area contributed by atoms with Crippen LogP contribution in [0.3, 0.4) is 0 Å². The molecular formula is C21H28N4O5S. The number of anilines is 2. The van der Waals surface area contributed by atoms with Gasteiger partial charge in [-0.2, -0.15) is 0 Å². The van der Waals surface area contributed by atoms with Crippen LogP contribution < -0.4 is 16.0 Å². The number of benzene rings is 1. The van der Waals surface area contributed by atoms with Gasteiger partial charge in [-0.05, 0) is 44.9 Å². The topological polar surface area (TPSA) is 119 Å². The van der Waals surface area contributed by atoms with Crippen molar-refractivity contribution in [3.63, 3.8) is 0 Å². The van der Waals surface area contributed by atoms with Gasteiger partial charge >= 0.3 is 12.2 Å². The highest BCUT2D eigenvalue weighted by Gasteiger charge is 2.27. The molecule has 0 fully saturated rings. The summed E-state index contributed by atoms with van der Waals surface area (Å²) in [4.78, 5) is 41.5. The van der Waals surface area contributed by atoms with Crippen LogP contribution in [0.15, 0.2) is 36.0 Å². The first-order valence-electron chi connectivity index (χ1n) is 9.75. The van der Waals surface area contributed by atoms with Gasteiger partial charge in [0.25, 0.3) is 0 Å². The van der Waals surface area contributed by atoms with Crippen LogP contribution in [0.5, 0.6) is 0 Å². The predicted molar refractivity (Wildman–Crippen MR) is 119 cm³/mol. The second kappa shape index (κ2) is 10.8. The minimum atomic E-state index is -0.796. The fraction of sp³-hybridized carbons (Fsp3) is 0.429. The number of carbonyl (C=O) groups is 3. The van der Waals surface area contributed by atoms with Crippen LogP contribution in [0.25, 0.3) is 0 Å². The minimum absolute atomic E-state index is 0.124. The number of thiazole rings is 1. The van der Waals surface area contributed by atoms with Gasteiger partial charge in [-0.25, -0.2) is 9.59 Å². The lowest BCUT2D eigenvalue weighted by molar-refractivity contribution is -0.119. The molecule has 0 spiro atoms. The molecule has 3 amide bonds. The third-order valence-corrected chi connectivity index (χ3v) is 4.58. The molecule has 10 heteroatoms. The molecule has 1 aromatic heterocycles. The summed E-state index contributed by atoms with van der Waals surface area (Å²) in [6.45, 7) is 9.00. The summed E-state index contributed by atoms with van der Waals surface area (Å²) in [6, 6.07) is 5.83. The van der Waals surface area contributed by atoms with Crippen LogP contribution in [0.1, 0.15) is 39.5 Å². The van der Waals surface area contributed by atoms with Gasteiger partial charge in [0.15, 0.2) is 0 Å². The van der Waals surface area contributed by atoms with Crippen LogP contribution in [-0.2, 0) is 20.9 Å². The van der Waals surface area contributed by atoms with Gasteiger partial charge in [0, 0.05) is 17.6 Å². The zero-order chi connectivity index (χ0) is 23.0. The molecule has 1 atom stereocenters. The summed E-state index contributed by atoms with van der Waals surface area (Å²) in [7, 11) is 0. The van der Waals surface area contributed by atoms with E-state index in [0.29, 0.717) is 11.4 Å². The third kappa shape index (κ3) is 8.63. The number of nitrogens with zero attached hydrogens (tertiary/aromatic N) is 1. The molecule has 1 unspecified atom stereocenters. The Balaban J connectivity index is 1.95. The van der Waals surface area contributed by atoms with Gasteiger partial charge in [-0.15, -0.1) is 11.3 Å². The van der Waals surface area contributed by atoms with E-state index in [4.69, 9.17) is 9.47 Å². The fourth-order valence-electron chi connectivity index (χ4n) is 2.47. The van der Waals surface area contributed by atoms with Gasteiger partial charge in [0.2, 0.25) is 5.91 Å². The monoisotopic (exact) mass is 448 g/mol. The second-order valence-electron chi connectivity index (χ2n) is 8.11. The molecule has 0 bridgehead atoms. The van der Waals surface area contributed by atoms with Crippen LogP contribution >= 0.6 is 11.3 Å². The molecule has 2 aromatic rings. The maximum atomic E-state index is 12.7. The largest absolute Gasteiger partial charge is 0.444 e. The average molecular weight is 449 g/mol. The Morgan fingerprint density at radius 2 is 1.77 bits per heavy atom. The highest BCUT2D eigenvalue weighted by atomic mass is 32.1. The molecule has 2 rings (SSSR count). The zero-order valence-corrected chi connectivity index (χ0v) is 19.0. The Morgan fingerprint density at radius 1 is 1.10 bits per heavy atom. The normalized spacial score (nSPS) is 12.1. The Bertz CT molecular complexity index is 893. The van der Waals surface area contributed by atoms with Crippen molar-refractivity contribution in [3.8, 4) is 0 Å². The SMILES string of the molecule is CC(C)C(NC(=O)OC(C)(C)C)C(=O)Nc1cccc(NC(=O)OCc2cncs2)c1. The molecule has 0 radical (unpaired) electrons. The number of nitrogens with one attached hydrogen (secondary N) is 3. The van der Waals surface area contributed by atoms with E-state index in [1.807, 2.05) is 13.8 Å². The summed E-state index contributed by atoms with van der Waals surface area (Å²) in [6.07, 6.45) is 0.342. The predicted octanol–water partition coefficient (Wildman–Crippen LogP) is 4.38. The number of aromatic nitrogens is 1. The van der Waals surface area contributed by atoms with Gasteiger partial charge in [0.05, 0.1) is 10.4 Å². The molecule has 3 N–H and O–H groups in total. The lowest BCUT2D eigenvalue weighted by Crippen LogP contribution is -2.48. The first-order valence-corrected chi connectivity index (χ1v) is 10.6. The van der Waals surface area contributed by atoms with Crippen molar-refractivity contribution < 1.29 is 23.9 Å². The molecule has 168 valence electrons. The first kappa shape index (κ1) is 24.1. The number of hydrogen-bond donors (Lipinski definition) is 3. The van der Waals surface area contributed by atoms with Crippen molar-refractivity contribution in [2.45, 2.75) is 52.9 Å². The Labute approximate surface area is 185 Å². The maximum absolute atomic E-state index is 12.7. The molecule has 0 aliphatic rings. The van der Waals surface area contributed by atoms with Crippen molar-refractivity contribution in [2.24, 2.45) is 5.92 Å². The number of ether oxygens (including phenoxy) is 2. The summed E-state index contributed by atoms with van der Waals surface area (Å²) in [5.74, 6) is -0.568. The van der Waals surface area contributed by atoms with E-state index in [-0.39, 0.29) is 12.5 Å². The first-order chi connectivity index (χ1) is 14.5. The number of alkyl carbamates (subject to hydrolysis) is 1. The van der Waals surface area contributed by atoms with Crippen molar-refractivity contribution in [1.82, 2.24) is 10.3 Å². The number of hydrogen-bond acceptors (Lipinski definition) is 7. The summed E-state index contributed by atoms with van der Waals surface area (Å²) in [5, 5.41) is 7.96. The molecule has 31 heavy (non-hydrogen) atoms. The van der Waals surface area contributed by atoms with E-state index in [0.717, 1.165) is 4.88 Å². The van der Waals surface area contributed by atoms with Crippen molar-refractivity contribution in [3.05, 3.63) is 40.8 Å². The van der Waals surface area contributed by atoms with Crippen molar-refractivity contribution in [1.29, 1.82) is 0 Å². The molecule has 0 aliphatic heterocycles. The van der Waals surface area contributed by atoms with Gasteiger partial charge in [-0.1, -0.05) is 19.9 Å². The summed E-state index contributed by atoms with van der Waals surface area (Å²) < 4.78 is 10.4. The van der Waals surface area contributed by atoms with Crippen LogP contribution in [0.4, 0.5) is 21.0 Å². The molecule has 0 saturated carbocycles. The molecule has 9 nitrogen and oxygen atoms in total.